The van der Waals surface area contributed by atoms with E-state index in [0.717, 1.165) is 23.0 Å². The molecule has 0 radical (unpaired) electrons. The lowest BCUT2D eigenvalue weighted by Gasteiger charge is -2.16. The molecule has 3 aromatic rings. The van der Waals surface area contributed by atoms with Crippen LogP contribution in [0.1, 0.15) is 31.1 Å². The molecule has 0 fully saturated rings. The predicted molar refractivity (Wildman–Crippen MR) is 93.1 cm³/mol. The van der Waals surface area contributed by atoms with Crippen LogP contribution in [0, 0.1) is 0 Å². The molecule has 0 aliphatic carbocycles. The summed E-state index contributed by atoms with van der Waals surface area (Å²) in [5.74, 6) is 0.367. The maximum atomic E-state index is 12.6. The molecule has 2 aromatic carbocycles. The number of halogens is 3. The molecule has 1 unspecified atom stereocenters. The molecule has 1 atom stereocenters. The van der Waals surface area contributed by atoms with Crippen LogP contribution in [0.4, 0.5) is 18.9 Å². The molecule has 1 amide bonds. The van der Waals surface area contributed by atoms with Gasteiger partial charge in [-0.05, 0) is 42.8 Å². The average Bonchev–Trinajstić information content (AvgIpc) is 2.96. The van der Waals surface area contributed by atoms with E-state index in [4.69, 9.17) is 4.74 Å². The van der Waals surface area contributed by atoms with E-state index in [2.05, 4.69) is 10.3 Å². The van der Waals surface area contributed by atoms with Gasteiger partial charge in [-0.25, -0.2) is 0 Å². The summed E-state index contributed by atoms with van der Waals surface area (Å²) in [5.41, 5.74) is 1.42. The molecule has 3 rings (SSSR count). The minimum absolute atomic E-state index is 0.185. The zero-order valence-corrected chi connectivity index (χ0v) is 14.1. The number of hydrogen-bond acceptors (Lipinski definition) is 2. The van der Waals surface area contributed by atoms with Crippen LogP contribution in [0.5, 0.6) is 5.75 Å². The first kappa shape index (κ1) is 17.8. The molecular weight excluding hydrogens is 345 g/mol. The Morgan fingerprint density at radius 3 is 2.46 bits per heavy atom. The molecule has 26 heavy (non-hydrogen) atoms. The highest BCUT2D eigenvalue weighted by molar-refractivity contribution is 6.01. The number of hydrogen-bond donors (Lipinski definition) is 2. The van der Waals surface area contributed by atoms with Gasteiger partial charge in [0.25, 0.3) is 0 Å². The number of rotatable bonds is 4. The van der Waals surface area contributed by atoms with Crippen LogP contribution in [0.15, 0.2) is 48.7 Å². The van der Waals surface area contributed by atoms with Crippen LogP contribution in [-0.4, -0.2) is 10.9 Å². The lowest BCUT2D eigenvalue weighted by molar-refractivity contribution is -0.137. The van der Waals surface area contributed by atoms with E-state index < -0.39 is 17.8 Å². The lowest BCUT2D eigenvalue weighted by atomic mass is 10.1. The Morgan fingerprint density at radius 2 is 1.85 bits per heavy atom. The standard InChI is InChI=1S/C19H17F3N2O2/c1-11(13-3-5-14(6-4-13)19(20,21)22)26-15-7-8-17-16(9-15)18(10-23-17)24-12(2)25/h3-11,23H,1-2H3,(H,24,25). The van der Waals surface area contributed by atoms with Crippen molar-refractivity contribution in [2.24, 2.45) is 0 Å². The van der Waals surface area contributed by atoms with Gasteiger partial charge in [0.15, 0.2) is 0 Å². The first-order chi connectivity index (χ1) is 12.2. The fraction of sp³-hybridized carbons (Fsp3) is 0.211. The van der Waals surface area contributed by atoms with E-state index in [9.17, 15) is 18.0 Å². The summed E-state index contributed by atoms with van der Waals surface area (Å²) in [5, 5.41) is 3.52. The van der Waals surface area contributed by atoms with E-state index in [0.29, 0.717) is 17.0 Å². The molecular formula is C19H17F3N2O2. The van der Waals surface area contributed by atoms with E-state index in [1.54, 1.807) is 25.3 Å². The highest BCUT2D eigenvalue weighted by Gasteiger charge is 2.30. The first-order valence-corrected chi connectivity index (χ1v) is 7.96. The van der Waals surface area contributed by atoms with Gasteiger partial charge in [0.05, 0.1) is 11.3 Å². The predicted octanol–water partition coefficient (Wildman–Crippen LogP) is 5.29. The van der Waals surface area contributed by atoms with Gasteiger partial charge >= 0.3 is 6.18 Å². The van der Waals surface area contributed by atoms with E-state index in [-0.39, 0.29) is 5.91 Å². The highest BCUT2D eigenvalue weighted by Crippen LogP contribution is 2.32. The molecule has 1 heterocycles. The zero-order valence-electron chi connectivity index (χ0n) is 14.1. The maximum Gasteiger partial charge on any atom is 0.416 e. The normalized spacial score (nSPS) is 12.8. The molecule has 136 valence electrons. The lowest BCUT2D eigenvalue weighted by Crippen LogP contribution is -2.07. The number of benzene rings is 2. The fourth-order valence-corrected chi connectivity index (χ4v) is 2.68. The number of aromatic amines is 1. The van der Waals surface area contributed by atoms with Gasteiger partial charge in [0.1, 0.15) is 11.9 Å². The van der Waals surface area contributed by atoms with Crippen molar-refractivity contribution < 1.29 is 22.7 Å². The minimum atomic E-state index is -4.36. The van der Waals surface area contributed by atoms with Gasteiger partial charge in [-0.3, -0.25) is 4.79 Å². The van der Waals surface area contributed by atoms with Crippen LogP contribution in [0.3, 0.4) is 0 Å². The summed E-state index contributed by atoms with van der Waals surface area (Å²) >= 11 is 0. The van der Waals surface area contributed by atoms with Crippen molar-refractivity contribution in [1.29, 1.82) is 0 Å². The first-order valence-electron chi connectivity index (χ1n) is 7.96. The molecule has 0 saturated carbocycles. The van der Waals surface area contributed by atoms with Crippen molar-refractivity contribution in [2.75, 3.05) is 5.32 Å². The Kier molecular flexibility index (Phi) is 4.63. The molecule has 0 saturated heterocycles. The monoisotopic (exact) mass is 362 g/mol. The molecule has 1 aromatic heterocycles. The average molecular weight is 362 g/mol. The molecule has 0 aliphatic heterocycles. The summed E-state index contributed by atoms with van der Waals surface area (Å²) < 4.78 is 43.8. The van der Waals surface area contributed by atoms with Gasteiger partial charge in [0.2, 0.25) is 5.91 Å². The Balaban J connectivity index is 1.80. The van der Waals surface area contributed by atoms with E-state index in [1.807, 2.05) is 6.07 Å². The summed E-state index contributed by atoms with van der Waals surface area (Å²) in [6, 6.07) is 10.2. The largest absolute Gasteiger partial charge is 0.486 e. The number of alkyl halides is 3. The number of carbonyl (C=O) groups is 1. The Bertz CT molecular complexity index is 930. The second kappa shape index (κ2) is 6.74. The molecule has 0 bridgehead atoms. The number of fused-ring (bicyclic) bond motifs is 1. The van der Waals surface area contributed by atoms with Gasteiger partial charge in [-0.15, -0.1) is 0 Å². The van der Waals surface area contributed by atoms with Crippen molar-refractivity contribution in [1.82, 2.24) is 4.98 Å². The second-order valence-electron chi connectivity index (χ2n) is 5.97. The second-order valence-corrected chi connectivity index (χ2v) is 5.97. The van der Waals surface area contributed by atoms with Gasteiger partial charge in [-0.2, -0.15) is 13.2 Å². The topological polar surface area (TPSA) is 54.1 Å². The Labute approximate surface area is 148 Å². The number of carbonyl (C=O) groups excluding carboxylic acids is 1. The van der Waals surface area contributed by atoms with Crippen molar-refractivity contribution in [3.05, 3.63) is 59.8 Å². The van der Waals surface area contributed by atoms with Crippen LogP contribution < -0.4 is 10.1 Å². The smallest absolute Gasteiger partial charge is 0.416 e. The number of aromatic nitrogens is 1. The van der Waals surface area contributed by atoms with Gasteiger partial charge in [-0.1, -0.05) is 12.1 Å². The Hall–Kier alpha value is -2.96. The highest BCUT2D eigenvalue weighted by atomic mass is 19.4. The quantitative estimate of drug-likeness (QED) is 0.663. The molecule has 7 heteroatoms. The third-order valence-electron chi connectivity index (χ3n) is 3.98. The molecule has 0 aliphatic rings. The third-order valence-corrected chi connectivity index (χ3v) is 3.98. The zero-order chi connectivity index (χ0) is 18.9. The molecule has 2 N–H and O–H groups in total. The number of nitrogens with one attached hydrogen (secondary N) is 2. The number of H-pyrrole nitrogens is 1. The molecule has 0 spiro atoms. The summed E-state index contributed by atoms with van der Waals surface area (Å²) in [7, 11) is 0. The van der Waals surface area contributed by atoms with Crippen LogP contribution in [0.2, 0.25) is 0 Å². The van der Waals surface area contributed by atoms with Crippen LogP contribution in [0.25, 0.3) is 10.9 Å². The van der Waals surface area contributed by atoms with E-state index in [1.165, 1.54) is 19.1 Å². The number of ether oxygens (including phenoxy) is 1. The van der Waals surface area contributed by atoms with Crippen LogP contribution >= 0.6 is 0 Å². The number of anilines is 1. The van der Waals surface area contributed by atoms with Crippen molar-refractivity contribution >= 4 is 22.5 Å². The molecule has 4 nitrogen and oxygen atoms in total. The van der Waals surface area contributed by atoms with Crippen LogP contribution in [-0.2, 0) is 11.0 Å². The third kappa shape index (κ3) is 3.82. The van der Waals surface area contributed by atoms with Gasteiger partial charge in [0, 0.05) is 24.0 Å². The van der Waals surface area contributed by atoms with Crippen molar-refractivity contribution in [3.8, 4) is 5.75 Å². The number of amides is 1. The van der Waals surface area contributed by atoms with Crippen molar-refractivity contribution in [2.45, 2.75) is 26.1 Å². The maximum absolute atomic E-state index is 12.6. The van der Waals surface area contributed by atoms with Gasteiger partial charge < -0.3 is 15.0 Å². The SMILES string of the molecule is CC(=O)Nc1c[nH]c2ccc(OC(C)c3ccc(C(F)(F)F)cc3)cc12. The Morgan fingerprint density at radius 1 is 1.15 bits per heavy atom. The van der Waals surface area contributed by atoms with Crippen molar-refractivity contribution in [3.63, 3.8) is 0 Å². The summed E-state index contributed by atoms with van der Waals surface area (Å²) in [4.78, 5) is 14.3. The summed E-state index contributed by atoms with van der Waals surface area (Å²) in [6.07, 6.45) is -3.10. The van der Waals surface area contributed by atoms with E-state index >= 15 is 0 Å². The fourth-order valence-electron chi connectivity index (χ4n) is 2.68. The summed E-state index contributed by atoms with van der Waals surface area (Å²) in [6.45, 7) is 3.19. The minimum Gasteiger partial charge on any atom is -0.486 e.